The van der Waals surface area contributed by atoms with Gasteiger partial charge in [-0.2, -0.15) is 0 Å². The van der Waals surface area contributed by atoms with E-state index < -0.39 is 6.10 Å². The van der Waals surface area contributed by atoms with Crippen molar-refractivity contribution in [3.63, 3.8) is 0 Å². The molecule has 3 atom stereocenters. The van der Waals surface area contributed by atoms with Gasteiger partial charge in [0, 0.05) is 6.42 Å². The van der Waals surface area contributed by atoms with Gasteiger partial charge in [-0.3, -0.25) is 4.79 Å². The Morgan fingerprint density at radius 1 is 1.05 bits per heavy atom. The SMILES string of the molecule is C[C@H]1O[C@H](c2ccccc2)CC(=O)[C@@H]1OCc1ccccc1. The third kappa shape index (κ3) is 3.43. The Kier molecular flexibility index (Phi) is 4.66. The number of ether oxygens (including phenoxy) is 2. The molecule has 0 amide bonds. The van der Waals surface area contributed by atoms with Crippen molar-refractivity contribution >= 4 is 5.78 Å². The van der Waals surface area contributed by atoms with Crippen molar-refractivity contribution in [2.45, 2.75) is 38.3 Å². The number of Topliss-reactive ketones (excluding diaryl/α,β-unsaturated/α-hetero) is 1. The van der Waals surface area contributed by atoms with E-state index in [9.17, 15) is 4.79 Å². The maximum atomic E-state index is 12.4. The van der Waals surface area contributed by atoms with Crippen LogP contribution in [0.5, 0.6) is 0 Å². The lowest BCUT2D eigenvalue weighted by Crippen LogP contribution is -2.42. The van der Waals surface area contributed by atoms with Crippen LogP contribution in [0.15, 0.2) is 60.7 Å². The lowest BCUT2D eigenvalue weighted by atomic mass is 9.95. The number of hydrogen-bond donors (Lipinski definition) is 0. The van der Waals surface area contributed by atoms with E-state index >= 15 is 0 Å². The molecule has 1 fully saturated rings. The average Bonchev–Trinajstić information content (AvgIpc) is 2.56. The van der Waals surface area contributed by atoms with Gasteiger partial charge in [0.1, 0.15) is 6.10 Å². The average molecular weight is 296 g/mol. The van der Waals surface area contributed by atoms with Gasteiger partial charge in [0.05, 0.1) is 18.8 Å². The summed E-state index contributed by atoms with van der Waals surface area (Å²) in [6, 6.07) is 19.8. The number of rotatable bonds is 4. The smallest absolute Gasteiger partial charge is 0.167 e. The van der Waals surface area contributed by atoms with Gasteiger partial charge in [0.2, 0.25) is 0 Å². The second kappa shape index (κ2) is 6.86. The fourth-order valence-electron chi connectivity index (χ4n) is 2.79. The first kappa shape index (κ1) is 14.9. The van der Waals surface area contributed by atoms with E-state index in [1.54, 1.807) is 0 Å². The molecule has 1 aliphatic heterocycles. The first-order valence-corrected chi connectivity index (χ1v) is 7.62. The van der Waals surface area contributed by atoms with Crippen molar-refractivity contribution in [1.29, 1.82) is 0 Å². The molecule has 22 heavy (non-hydrogen) atoms. The second-order valence-corrected chi connectivity index (χ2v) is 5.63. The van der Waals surface area contributed by atoms with Crippen LogP contribution in [-0.4, -0.2) is 18.0 Å². The molecular weight excluding hydrogens is 276 g/mol. The standard InChI is InChI=1S/C19H20O3/c1-14-19(21-13-15-8-4-2-5-9-15)17(20)12-18(22-14)16-10-6-3-7-11-16/h2-11,14,18-19H,12-13H2,1H3/t14-,18+,19-/m1/s1. The van der Waals surface area contributed by atoms with Gasteiger partial charge in [-0.05, 0) is 18.1 Å². The Balaban J connectivity index is 1.62. The third-order valence-corrected chi connectivity index (χ3v) is 3.95. The van der Waals surface area contributed by atoms with Crippen LogP contribution >= 0.6 is 0 Å². The first-order valence-electron chi connectivity index (χ1n) is 7.62. The second-order valence-electron chi connectivity index (χ2n) is 5.63. The topological polar surface area (TPSA) is 35.5 Å². The Morgan fingerprint density at radius 3 is 2.32 bits per heavy atom. The monoisotopic (exact) mass is 296 g/mol. The molecule has 114 valence electrons. The fourth-order valence-corrected chi connectivity index (χ4v) is 2.79. The molecule has 0 saturated carbocycles. The molecule has 1 saturated heterocycles. The van der Waals surface area contributed by atoms with Crippen LogP contribution in [0.4, 0.5) is 0 Å². The van der Waals surface area contributed by atoms with Crippen LogP contribution in [0.25, 0.3) is 0 Å². The van der Waals surface area contributed by atoms with E-state index in [1.807, 2.05) is 67.6 Å². The molecule has 3 nitrogen and oxygen atoms in total. The van der Waals surface area contributed by atoms with Gasteiger partial charge in [-0.1, -0.05) is 60.7 Å². The van der Waals surface area contributed by atoms with Gasteiger partial charge in [-0.15, -0.1) is 0 Å². The Hall–Kier alpha value is -1.97. The van der Waals surface area contributed by atoms with Gasteiger partial charge in [-0.25, -0.2) is 0 Å². The number of carbonyl (C=O) groups excluding carboxylic acids is 1. The summed E-state index contributed by atoms with van der Waals surface area (Å²) in [5.41, 5.74) is 2.11. The molecule has 0 unspecified atom stereocenters. The largest absolute Gasteiger partial charge is 0.367 e. The van der Waals surface area contributed by atoms with Gasteiger partial charge in [0.15, 0.2) is 5.78 Å². The molecule has 0 N–H and O–H groups in total. The lowest BCUT2D eigenvalue weighted by molar-refractivity contribution is -0.166. The molecule has 0 spiro atoms. The summed E-state index contributed by atoms with van der Waals surface area (Å²) in [7, 11) is 0. The van der Waals surface area contributed by atoms with Crippen molar-refractivity contribution in [2.75, 3.05) is 0 Å². The van der Waals surface area contributed by atoms with Crippen LogP contribution in [0.1, 0.15) is 30.6 Å². The van der Waals surface area contributed by atoms with Gasteiger partial charge < -0.3 is 9.47 Å². The van der Waals surface area contributed by atoms with Crippen LogP contribution in [-0.2, 0) is 20.9 Å². The third-order valence-electron chi connectivity index (χ3n) is 3.95. The summed E-state index contributed by atoms with van der Waals surface area (Å²) in [6.45, 7) is 2.34. The summed E-state index contributed by atoms with van der Waals surface area (Å²) >= 11 is 0. The van der Waals surface area contributed by atoms with Crippen LogP contribution in [0.3, 0.4) is 0 Å². The van der Waals surface area contributed by atoms with Crippen LogP contribution in [0.2, 0.25) is 0 Å². The Labute approximate surface area is 130 Å². The zero-order valence-corrected chi connectivity index (χ0v) is 12.6. The van der Waals surface area contributed by atoms with Gasteiger partial charge in [0.25, 0.3) is 0 Å². The molecular formula is C19H20O3. The van der Waals surface area contributed by atoms with Gasteiger partial charge >= 0.3 is 0 Å². The molecule has 2 aromatic rings. The zero-order chi connectivity index (χ0) is 15.4. The predicted molar refractivity (Wildman–Crippen MR) is 84.4 cm³/mol. The summed E-state index contributed by atoms with van der Waals surface area (Å²) in [5.74, 6) is 0.114. The van der Waals surface area contributed by atoms with Crippen molar-refractivity contribution in [3.05, 3.63) is 71.8 Å². The highest BCUT2D eigenvalue weighted by Gasteiger charge is 2.36. The van der Waals surface area contributed by atoms with E-state index in [4.69, 9.17) is 9.47 Å². The highest BCUT2D eigenvalue weighted by atomic mass is 16.6. The van der Waals surface area contributed by atoms with Crippen LogP contribution in [0, 0.1) is 0 Å². The van der Waals surface area contributed by atoms with Crippen molar-refractivity contribution in [3.8, 4) is 0 Å². The molecule has 3 rings (SSSR count). The molecule has 1 heterocycles. The van der Waals surface area contributed by atoms with Crippen molar-refractivity contribution in [2.24, 2.45) is 0 Å². The number of benzene rings is 2. The molecule has 0 bridgehead atoms. The van der Waals surface area contributed by atoms with Crippen molar-refractivity contribution in [1.82, 2.24) is 0 Å². The highest BCUT2D eigenvalue weighted by Crippen LogP contribution is 2.30. The normalized spacial score (nSPS) is 25.1. The minimum Gasteiger partial charge on any atom is -0.367 e. The Bertz CT molecular complexity index is 609. The number of carbonyl (C=O) groups is 1. The van der Waals surface area contributed by atoms with E-state index in [-0.39, 0.29) is 18.0 Å². The molecule has 3 heteroatoms. The zero-order valence-electron chi connectivity index (χ0n) is 12.6. The lowest BCUT2D eigenvalue weighted by Gasteiger charge is -2.33. The van der Waals surface area contributed by atoms with E-state index in [0.29, 0.717) is 13.0 Å². The summed E-state index contributed by atoms with van der Waals surface area (Å²) in [5, 5.41) is 0. The highest BCUT2D eigenvalue weighted by molar-refractivity contribution is 5.85. The Morgan fingerprint density at radius 2 is 1.68 bits per heavy atom. The summed E-state index contributed by atoms with van der Waals surface area (Å²) in [6.07, 6.45) is -0.524. The molecule has 0 radical (unpaired) electrons. The number of ketones is 1. The number of hydrogen-bond acceptors (Lipinski definition) is 3. The maximum Gasteiger partial charge on any atom is 0.167 e. The molecule has 0 aromatic heterocycles. The van der Waals surface area contributed by atoms with Crippen molar-refractivity contribution < 1.29 is 14.3 Å². The summed E-state index contributed by atoms with van der Waals surface area (Å²) < 4.78 is 11.8. The van der Waals surface area contributed by atoms with E-state index in [2.05, 4.69) is 0 Å². The molecule has 1 aliphatic rings. The fraction of sp³-hybridized carbons (Fsp3) is 0.316. The van der Waals surface area contributed by atoms with E-state index in [1.165, 1.54) is 0 Å². The van der Waals surface area contributed by atoms with E-state index in [0.717, 1.165) is 11.1 Å². The molecule has 2 aromatic carbocycles. The maximum absolute atomic E-state index is 12.4. The molecule has 0 aliphatic carbocycles. The quantitative estimate of drug-likeness (QED) is 0.863. The first-order chi connectivity index (χ1) is 10.7. The summed E-state index contributed by atoms with van der Waals surface area (Å²) in [4.78, 5) is 12.4. The predicted octanol–water partition coefficient (Wildman–Crippen LogP) is 3.69. The van der Waals surface area contributed by atoms with Crippen LogP contribution < -0.4 is 0 Å². The minimum atomic E-state index is -0.486. The minimum absolute atomic E-state index is 0.114.